The fourth-order valence-corrected chi connectivity index (χ4v) is 1.30. The second kappa shape index (κ2) is 8.55. The second-order valence-corrected chi connectivity index (χ2v) is 3.37. The van der Waals surface area contributed by atoms with Crippen molar-refractivity contribution < 1.29 is 0 Å². The predicted octanol–water partition coefficient (Wildman–Crippen LogP) is 4.38. The van der Waals surface area contributed by atoms with Crippen LogP contribution in [0.3, 0.4) is 0 Å². The Morgan fingerprint density at radius 2 is 1.07 bits per heavy atom. The van der Waals surface area contributed by atoms with E-state index < -0.39 is 0 Å². The van der Waals surface area contributed by atoms with Crippen LogP contribution in [0.2, 0.25) is 0 Å². The molecule has 0 saturated carbocycles. The van der Waals surface area contributed by atoms with Crippen LogP contribution >= 0.6 is 0 Å². The van der Waals surface area contributed by atoms with Crippen molar-refractivity contribution in [2.45, 2.75) is 32.1 Å². The third kappa shape index (κ3) is 6.47. The molecule has 0 nitrogen and oxygen atoms in total. The van der Waals surface area contributed by atoms with E-state index in [1.807, 2.05) is 0 Å². The Kier molecular flexibility index (Phi) is 6.74. The van der Waals surface area contributed by atoms with Crippen molar-refractivity contribution in [2.24, 2.45) is 0 Å². The summed E-state index contributed by atoms with van der Waals surface area (Å²) in [5.41, 5.74) is 0. The molecule has 0 saturated heterocycles. The molecule has 0 aromatic heterocycles. The van der Waals surface area contributed by atoms with Gasteiger partial charge >= 0.3 is 0 Å². The lowest BCUT2D eigenvalue weighted by atomic mass is 10.2. The van der Waals surface area contributed by atoms with Crippen LogP contribution in [-0.4, -0.2) is 0 Å². The lowest BCUT2D eigenvalue weighted by Gasteiger charge is -1.91. The Balaban J connectivity index is 2.34. The van der Waals surface area contributed by atoms with Gasteiger partial charge in [0.15, 0.2) is 0 Å². The molecule has 0 aliphatic heterocycles. The molecular formula is C14H19. The highest BCUT2D eigenvalue weighted by molar-refractivity contribution is 5.06. The first-order chi connectivity index (χ1) is 7.00. The van der Waals surface area contributed by atoms with E-state index in [1.165, 1.54) is 12.8 Å². The first kappa shape index (κ1) is 11.0. The van der Waals surface area contributed by atoms with Crippen LogP contribution in [-0.2, 0) is 0 Å². The van der Waals surface area contributed by atoms with Crippen LogP contribution in [0.15, 0.2) is 48.6 Å². The van der Waals surface area contributed by atoms with Gasteiger partial charge in [-0.05, 0) is 38.5 Å². The van der Waals surface area contributed by atoms with Crippen molar-refractivity contribution in [2.75, 3.05) is 0 Å². The molecule has 0 bridgehead atoms. The normalized spacial score (nSPS) is 19.4. The Hall–Kier alpha value is -1.04. The Morgan fingerprint density at radius 3 is 1.86 bits per heavy atom. The van der Waals surface area contributed by atoms with Crippen LogP contribution in [0.5, 0.6) is 0 Å². The van der Waals surface area contributed by atoms with E-state index in [4.69, 9.17) is 0 Å². The number of hydrogen-bond donors (Lipinski definition) is 0. The van der Waals surface area contributed by atoms with Gasteiger partial charge in [0.1, 0.15) is 0 Å². The molecule has 1 radical (unpaired) electrons. The fraction of sp³-hybridized carbons (Fsp3) is 0.357. The SMILES string of the molecule is [CH]1CC=CC=CCC=CCCC=CC1. The van der Waals surface area contributed by atoms with Gasteiger partial charge in [-0.2, -0.15) is 0 Å². The third-order valence-corrected chi connectivity index (χ3v) is 2.09. The van der Waals surface area contributed by atoms with E-state index in [9.17, 15) is 0 Å². The van der Waals surface area contributed by atoms with E-state index in [1.54, 1.807) is 0 Å². The molecule has 0 unspecified atom stereocenters. The Morgan fingerprint density at radius 1 is 0.500 bits per heavy atom. The number of allylic oxidation sites excluding steroid dienone is 8. The molecule has 0 N–H and O–H groups in total. The summed E-state index contributed by atoms with van der Waals surface area (Å²) in [5, 5.41) is 0. The molecule has 0 fully saturated rings. The van der Waals surface area contributed by atoms with Crippen molar-refractivity contribution in [1.82, 2.24) is 0 Å². The van der Waals surface area contributed by atoms with Crippen LogP contribution < -0.4 is 0 Å². The van der Waals surface area contributed by atoms with E-state index in [2.05, 4.69) is 55.0 Å². The maximum atomic E-state index is 2.29. The predicted molar refractivity (Wildman–Crippen MR) is 63.9 cm³/mol. The van der Waals surface area contributed by atoms with Gasteiger partial charge in [0.2, 0.25) is 0 Å². The van der Waals surface area contributed by atoms with Crippen molar-refractivity contribution in [3.63, 3.8) is 0 Å². The van der Waals surface area contributed by atoms with Gasteiger partial charge in [0.25, 0.3) is 0 Å². The van der Waals surface area contributed by atoms with Crippen LogP contribution in [0.1, 0.15) is 32.1 Å². The lowest BCUT2D eigenvalue weighted by molar-refractivity contribution is 1.02. The van der Waals surface area contributed by atoms with Crippen LogP contribution in [0.4, 0.5) is 0 Å². The average molecular weight is 187 g/mol. The summed E-state index contributed by atoms with van der Waals surface area (Å²) in [5.74, 6) is 0. The largest absolute Gasteiger partial charge is 0.0882 e. The second-order valence-electron chi connectivity index (χ2n) is 3.37. The smallest absolute Gasteiger partial charge is 0.0166 e. The average Bonchev–Trinajstić information content (AvgIpc) is 2.22. The zero-order valence-corrected chi connectivity index (χ0v) is 8.73. The molecule has 14 heavy (non-hydrogen) atoms. The highest BCUT2D eigenvalue weighted by Gasteiger charge is 1.82. The van der Waals surface area contributed by atoms with Gasteiger partial charge < -0.3 is 0 Å². The molecule has 0 amide bonds. The Bertz CT molecular complexity index is 228. The summed E-state index contributed by atoms with van der Waals surface area (Å²) in [7, 11) is 0. The third-order valence-electron chi connectivity index (χ3n) is 2.09. The zero-order chi connectivity index (χ0) is 9.90. The zero-order valence-electron chi connectivity index (χ0n) is 8.73. The Labute approximate surface area is 87.7 Å². The minimum Gasteiger partial charge on any atom is -0.0882 e. The number of rotatable bonds is 0. The maximum absolute atomic E-state index is 2.29. The summed E-state index contributed by atoms with van der Waals surface area (Å²) < 4.78 is 0. The van der Waals surface area contributed by atoms with Crippen molar-refractivity contribution in [1.29, 1.82) is 0 Å². The van der Waals surface area contributed by atoms with E-state index in [-0.39, 0.29) is 0 Å². The van der Waals surface area contributed by atoms with E-state index in [0.29, 0.717) is 0 Å². The topological polar surface area (TPSA) is 0 Å². The molecule has 0 atom stereocenters. The number of hydrogen-bond acceptors (Lipinski definition) is 0. The monoisotopic (exact) mass is 187 g/mol. The van der Waals surface area contributed by atoms with Crippen LogP contribution in [0.25, 0.3) is 0 Å². The summed E-state index contributed by atoms with van der Waals surface area (Å²) in [6.07, 6.45) is 25.5. The van der Waals surface area contributed by atoms with Gasteiger partial charge in [-0.3, -0.25) is 0 Å². The minimum absolute atomic E-state index is 1.05. The standard InChI is InChI=1S/C14H19/c1-2-4-6-8-10-12-14-13-11-9-7-5-3-1/h1-4,7-9,12,14H,5-6,10-11,13H2. The van der Waals surface area contributed by atoms with Gasteiger partial charge in [-0.15, -0.1) is 0 Å². The lowest BCUT2D eigenvalue weighted by Crippen LogP contribution is -1.72. The molecule has 1 rings (SSSR count). The molecule has 0 aromatic rings. The summed E-state index contributed by atoms with van der Waals surface area (Å²) >= 11 is 0. The molecule has 0 heteroatoms. The molecule has 0 heterocycles. The summed E-state index contributed by atoms with van der Waals surface area (Å²) in [6, 6.07) is 0. The molecular weight excluding hydrogens is 168 g/mol. The first-order valence-electron chi connectivity index (χ1n) is 5.43. The molecule has 75 valence electrons. The van der Waals surface area contributed by atoms with Gasteiger partial charge in [-0.1, -0.05) is 48.6 Å². The van der Waals surface area contributed by atoms with Crippen molar-refractivity contribution >= 4 is 0 Å². The molecule has 0 spiro atoms. The van der Waals surface area contributed by atoms with E-state index in [0.717, 1.165) is 19.3 Å². The van der Waals surface area contributed by atoms with Gasteiger partial charge in [0.05, 0.1) is 0 Å². The van der Waals surface area contributed by atoms with Crippen LogP contribution in [0, 0.1) is 6.42 Å². The molecule has 0 aromatic carbocycles. The van der Waals surface area contributed by atoms with E-state index >= 15 is 0 Å². The quantitative estimate of drug-likeness (QED) is 0.494. The fourth-order valence-electron chi connectivity index (χ4n) is 1.30. The first-order valence-corrected chi connectivity index (χ1v) is 5.43. The van der Waals surface area contributed by atoms with Crippen molar-refractivity contribution in [3.8, 4) is 0 Å². The van der Waals surface area contributed by atoms with Crippen molar-refractivity contribution in [3.05, 3.63) is 55.0 Å². The maximum Gasteiger partial charge on any atom is -0.0166 e. The molecule has 1 aliphatic rings. The summed E-state index contributed by atoms with van der Waals surface area (Å²) in [4.78, 5) is 0. The highest BCUT2D eigenvalue weighted by atomic mass is 13.9. The minimum atomic E-state index is 1.05. The summed E-state index contributed by atoms with van der Waals surface area (Å²) in [6.45, 7) is 0. The van der Waals surface area contributed by atoms with Gasteiger partial charge in [0, 0.05) is 0 Å². The highest BCUT2D eigenvalue weighted by Crippen LogP contribution is 2.01. The van der Waals surface area contributed by atoms with Gasteiger partial charge in [-0.25, -0.2) is 0 Å². The molecule has 1 aliphatic carbocycles.